The molecule has 3 heterocycles. The van der Waals surface area contributed by atoms with Gasteiger partial charge in [-0.3, -0.25) is 4.90 Å². The number of amides is 2. The van der Waals surface area contributed by atoms with Crippen molar-refractivity contribution in [1.82, 2.24) is 19.9 Å². The first-order chi connectivity index (χ1) is 19.5. The van der Waals surface area contributed by atoms with Crippen LogP contribution >= 0.6 is 0 Å². The number of cyclic esters (lactones) is 1. The van der Waals surface area contributed by atoms with E-state index in [0.717, 1.165) is 0 Å². The van der Waals surface area contributed by atoms with Crippen molar-refractivity contribution in [2.24, 2.45) is 11.8 Å². The maximum absolute atomic E-state index is 15.5. The van der Waals surface area contributed by atoms with E-state index < -0.39 is 41.1 Å². The number of likely N-dealkylation sites (tertiary alicyclic amines) is 1. The van der Waals surface area contributed by atoms with Gasteiger partial charge in [0.25, 0.3) is 5.54 Å². The molecule has 3 fully saturated rings. The summed E-state index contributed by atoms with van der Waals surface area (Å²) in [5.41, 5.74) is -0.635. The van der Waals surface area contributed by atoms with Crippen LogP contribution in [-0.4, -0.2) is 63.4 Å². The number of aromatic nitrogens is 3. The second kappa shape index (κ2) is 9.54. The van der Waals surface area contributed by atoms with E-state index in [1.165, 1.54) is 29.3 Å². The molecule has 2 amide bonds. The summed E-state index contributed by atoms with van der Waals surface area (Å²) in [7, 11) is 0. The summed E-state index contributed by atoms with van der Waals surface area (Å²) >= 11 is 0. The molecule has 41 heavy (non-hydrogen) atoms. The number of halogens is 2. The zero-order chi connectivity index (χ0) is 29.1. The molecule has 3 aromatic rings. The molecule has 1 aromatic heterocycles. The first kappa shape index (κ1) is 26.7. The fourth-order valence-electron chi connectivity index (χ4n) is 5.98. The largest absolute Gasteiger partial charge is 0.444 e. The van der Waals surface area contributed by atoms with Crippen molar-refractivity contribution in [3.05, 3.63) is 77.4 Å². The number of carbonyl (C=O) groups excluding carboxylic acids is 2. The summed E-state index contributed by atoms with van der Waals surface area (Å²) in [5, 5.41) is 7.59. The molecule has 3 aliphatic rings. The fraction of sp³-hybridized carbons (Fsp3) is 0.414. The molecule has 6 rings (SSSR count). The van der Waals surface area contributed by atoms with E-state index in [2.05, 4.69) is 15.2 Å². The molecule has 2 aliphatic heterocycles. The third-order valence-electron chi connectivity index (χ3n) is 7.89. The van der Waals surface area contributed by atoms with Crippen LogP contribution in [0.2, 0.25) is 0 Å². The van der Waals surface area contributed by atoms with Gasteiger partial charge in [-0.05, 0) is 56.7 Å². The molecule has 0 N–H and O–H groups in total. The van der Waals surface area contributed by atoms with Crippen LogP contribution in [0.5, 0.6) is 0 Å². The van der Waals surface area contributed by atoms with Crippen molar-refractivity contribution in [2.75, 3.05) is 24.5 Å². The SMILES string of the molecule is [C-]#[N+]C1(c2ccc(-c3ccc(N4C[C@H](Cn5ccnn5)OC4=O)cc3F)cc2F)[C@@H]2CN(C(=O)OC(C)(C)C)C[C@@H]21. The minimum atomic E-state index is -1.05. The van der Waals surface area contributed by atoms with Gasteiger partial charge >= 0.3 is 12.2 Å². The topological polar surface area (TPSA) is 94.2 Å². The van der Waals surface area contributed by atoms with Gasteiger partial charge in [-0.25, -0.2) is 29.6 Å². The first-order valence-corrected chi connectivity index (χ1v) is 13.3. The van der Waals surface area contributed by atoms with Gasteiger partial charge in [-0.15, -0.1) is 5.10 Å². The van der Waals surface area contributed by atoms with Crippen LogP contribution in [0.4, 0.5) is 24.1 Å². The number of hydrogen-bond donors (Lipinski definition) is 0. The molecule has 0 radical (unpaired) electrons. The highest BCUT2D eigenvalue weighted by Gasteiger charge is 2.78. The Morgan fingerprint density at radius 1 is 1.15 bits per heavy atom. The molecule has 0 spiro atoms. The zero-order valence-corrected chi connectivity index (χ0v) is 22.8. The van der Waals surface area contributed by atoms with Gasteiger partial charge < -0.3 is 19.2 Å². The second-order valence-electron chi connectivity index (χ2n) is 11.6. The van der Waals surface area contributed by atoms with E-state index in [1.54, 1.807) is 54.7 Å². The summed E-state index contributed by atoms with van der Waals surface area (Å²) in [6, 6.07) is 8.67. The number of ether oxygens (including phenoxy) is 2. The summed E-state index contributed by atoms with van der Waals surface area (Å²) in [6.45, 7) is 14.4. The summed E-state index contributed by atoms with van der Waals surface area (Å²) < 4.78 is 43.1. The summed E-state index contributed by atoms with van der Waals surface area (Å²) in [6.07, 6.45) is 1.68. The Morgan fingerprint density at radius 3 is 2.51 bits per heavy atom. The molecule has 2 saturated heterocycles. The minimum Gasteiger partial charge on any atom is -0.444 e. The number of nitrogens with zero attached hydrogens (tertiary/aromatic N) is 6. The normalized spacial score (nSPS) is 25.1. The number of hydrogen-bond acceptors (Lipinski definition) is 6. The third-order valence-corrected chi connectivity index (χ3v) is 7.89. The van der Waals surface area contributed by atoms with Crippen LogP contribution in [-0.2, 0) is 21.6 Å². The molecule has 0 bridgehead atoms. The molecular weight excluding hydrogens is 534 g/mol. The van der Waals surface area contributed by atoms with Crippen molar-refractivity contribution in [1.29, 1.82) is 0 Å². The zero-order valence-electron chi connectivity index (χ0n) is 22.8. The van der Waals surface area contributed by atoms with Crippen molar-refractivity contribution >= 4 is 17.9 Å². The van der Waals surface area contributed by atoms with Crippen molar-refractivity contribution in [3.63, 3.8) is 0 Å². The van der Waals surface area contributed by atoms with Crippen molar-refractivity contribution in [2.45, 2.75) is 44.6 Å². The first-order valence-electron chi connectivity index (χ1n) is 13.3. The molecular formula is C29H28F2N6O4. The van der Waals surface area contributed by atoms with Gasteiger partial charge in [-0.2, -0.15) is 0 Å². The highest BCUT2D eigenvalue weighted by molar-refractivity contribution is 5.90. The summed E-state index contributed by atoms with van der Waals surface area (Å²) in [5.74, 6) is -1.62. The average Bonchev–Trinajstić information content (AvgIpc) is 3.42. The molecule has 1 unspecified atom stereocenters. The Balaban J connectivity index is 1.16. The lowest BCUT2D eigenvalue weighted by Gasteiger charge is -2.26. The van der Waals surface area contributed by atoms with Gasteiger partial charge in [-0.1, -0.05) is 11.3 Å². The maximum atomic E-state index is 15.5. The predicted molar refractivity (Wildman–Crippen MR) is 142 cm³/mol. The Kier molecular flexibility index (Phi) is 6.21. The van der Waals surface area contributed by atoms with Crippen LogP contribution in [0.25, 0.3) is 16.0 Å². The van der Waals surface area contributed by atoms with E-state index in [-0.39, 0.29) is 29.5 Å². The number of carbonyl (C=O) groups is 2. The van der Waals surface area contributed by atoms with Gasteiger partial charge in [0.05, 0.1) is 42.4 Å². The summed E-state index contributed by atoms with van der Waals surface area (Å²) in [4.78, 5) is 31.6. The standard InChI is InChI=1S/C29H28F2N6O4/c1-28(2,3)41-26(38)35-15-22-23(16-35)29(22,32-4)21-8-5-17(11-25(21)31)20-7-6-18(12-24(20)30)37-14-19(40-27(37)39)13-36-10-9-33-34-36/h5-12,19,22-23H,13-16H2,1-3H3/t19-,22-,23+,29?/m0/s1. The quantitative estimate of drug-likeness (QED) is 0.413. The molecule has 12 heteroatoms. The Hall–Kier alpha value is -4.53. The number of piperidine rings is 1. The average molecular weight is 563 g/mol. The lowest BCUT2D eigenvalue weighted by molar-refractivity contribution is 0.0265. The van der Waals surface area contributed by atoms with Crippen LogP contribution < -0.4 is 4.90 Å². The molecule has 4 atom stereocenters. The van der Waals surface area contributed by atoms with E-state index in [4.69, 9.17) is 16.0 Å². The Labute approximate surface area is 235 Å². The highest BCUT2D eigenvalue weighted by Crippen LogP contribution is 2.65. The molecule has 1 aliphatic carbocycles. The number of rotatable bonds is 5. The molecule has 2 aromatic carbocycles. The molecule has 10 nitrogen and oxygen atoms in total. The second-order valence-corrected chi connectivity index (χ2v) is 11.6. The van der Waals surface area contributed by atoms with Crippen molar-refractivity contribution in [3.8, 4) is 11.1 Å². The van der Waals surface area contributed by atoms with Crippen molar-refractivity contribution < 1.29 is 27.8 Å². The number of anilines is 1. The highest BCUT2D eigenvalue weighted by atomic mass is 19.1. The van der Waals surface area contributed by atoms with E-state index in [9.17, 15) is 9.59 Å². The fourth-order valence-corrected chi connectivity index (χ4v) is 5.98. The lowest BCUT2D eigenvalue weighted by atomic mass is 9.95. The third kappa shape index (κ3) is 4.65. The van der Waals surface area contributed by atoms with Crippen LogP contribution in [0.15, 0.2) is 48.8 Å². The Morgan fingerprint density at radius 2 is 1.90 bits per heavy atom. The van der Waals surface area contributed by atoms with Crippen LogP contribution in [0.1, 0.15) is 26.3 Å². The Bertz CT molecular complexity index is 1550. The van der Waals surface area contributed by atoms with Crippen LogP contribution in [0, 0.1) is 30.0 Å². The minimum absolute atomic E-state index is 0.162. The smallest absolute Gasteiger partial charge is 0.414 e. The van der Waals surface area contributed by atoms with E-state index in [0.29, 0.717) is 30.9 Å². The van der Waals surface area contributed by atoms with Gasteiger partial charge in [0, 0.05) is 24.8 Å². The van der Waals surface area contributed by atoms with Crippen LogP contribution in [0.3, 0.4) is 0 Å². The monoisotopic (exact) mass is 562 g/mol. The van der Waals surface area contributed by atoms with Gasteiger partial charge in [0.2, 0.25) is 0 Å². The van der Waals surface area contributed by atoms with E-state index in [1.807, 2.05) is 0 Å². The van der Waals surface area contributed by atoms with E-state index >= 15 is 8.78 Å². The number of fused-ring (bicyclic) bond motifs is 1. The number of benzene rings is 2. The predicted octanol–water partition coefficient (Wildman–Crippen LogP) is 4.86. The van der Waals surface area contributed by atoms with Gasteiger partial charge in [0.15, 0.2) is 0 Å². The molecule has 212 valence electrons. The molecule has 1 saturated carbocycles. The van der Waals surface area contributed by atoms with Gasteiger partial charge in [0.1, 0.15) is 23.3 Å². The lowest BCUT2D eigenvalue weighted by Crippen LogP contribution is -2.38. The maximum Gasteiger partial charge on any atom is 0.414 e.